The van der Waals surface area contributed by atoms with Gasteiger partial charge in [0.05, 0.1) is 12.1 Å². The van der Waals surface area contributed by atoms with Gasteiger partial charge in [-0.15, -0.1) is 0 Å². The van der Waals surface area contributed by atoms with E-state index < -0.39 is 0 Å². The van der Waals surface area contributed by atoms with Crippen LogP contribution in [0.4, 0.5) is 11.4 Å². The van der Waals surface area contributed by atoms with Crippen LogP contribution in [0.5, 0.6) is 0 Å². The summed E-state index contributed by atoms with van der Waals surface area (Å²) < 4.78 is 0. The van der Waals surface area contributed by atoms with Crippen molar-refractivity contribution in [3.05, 3.63) is 95.1 Å². The van der Waals surface area contributed by atoms with E-state index in [2.05, 4.69) is 5.32 Å². The maximum atomic E-state index is 13.3. The Morgan fingerprint density at radius 2 is 1.71 bits per heavy atom. The fraction of sp³-hybridized carbons (Fsp3) is 0.192. The molecule has 4 rings (SSSR count). The molecule has 0 bridgehead atoms. The van der Waals surface area contributed by atoms with Crippen LogP contribution in [-0.4, -0.2) is 24.1 Å². The molecule has 1 aliphatic heterocycles. The predicted molar refractivity (Wildman–Crippen MR) is 122 cm³/mol. The van der Waals surface area contributed by atoms with Crippen molar-refractivity contribution in [2.75, 3.05) is 16.8 Å². The zero-order valence-corrected chi connectivity index (χ0v) is 17.4. The summed E-state index contributed by atoms with van der Waals surface area (Å²) in [7, 11) is 0. The number of carbonyl (C=O) groups is 3. The number of para-hydroxylation sites is 2. The molecule has 0 aliphatic carbocycles. The number of nitrogens with one attached hydrogen (secondary N) is 1. The topological polar surface area (TPSA) is 66.5 Å². The van der Waals surface area contributed by atoms with E-state index in [1.807, 2.05) is 67.6 Å². The molecule has 0 saturated carbocycles. The predicted octanol–water partition coefficient (Wildman–Crippen LogP) is 4.80. The average Bonchev–Trinajstić information content (AvgIpc) is 2.94. The van der Waals surface area contributed by atoms with Gasteiger partial charge in [0, 0.05) is 29.8 Å². The molecule has 2 amide bonds. The molecular weight excluding hydrogens is 388 g/mol. The molecule has 0 saturated heterocycles. The minimum Gasteiger partial charge on any atom is -0.326 e. The molecule has 31 heavy (non-hydrogen) atoms. The second kappa shape index (κ2) is 8.96. The number of benzene rings is 3. The Hall–Kier alpha value is -3.73. The first-order chi connectivity index (χ1) is 15.0. The first-order valence-corrected chi connectivity index (χ1v) is 10.4. The summed E-state index contributed by atoms with van der Waals surface area (Å²) in [5, 5.41) is 2.88. The van der Waals surface area contributed by atoms with Gasteiger partial charge in [-0.3, -0.25) is 14.4 Å². The number of ketones is 1. The number of hydrogen-bond acceptors (Lipinski definition) is 3. The van der Waals surface area contributed by atoms with Crippen LogP contribution in [0.2, 0.25) is 0 Å². The van der Waals surface area contributed by atoms with Crippen LogP contribution in [-0.2, 0) is 11.2 Å². The zero-order valence-electron chi connectivity index (χ0n) is 17.4. The van der Waals surface area contributed by atoms with Crippen LogP contribution in [0, 0.1) is 6.92 Å². The number of fused-ring (bicyclic) bond motifs is 1. The highest BCUT2D eigenvalue weighted by Gasteiger charge is 2.25. The smallest absolute Gasteiger partial charge is 0.258 e. The fourth-order valence-corrected chi connectivity index (χ4v) is 3.89. The lowest BCUT2D eigenvalue weighted by atomic mass is 10.0. The third-order valence-corrected chi connectivity index (χ3v) is 5.52. The van der Waals surface area contributed by atoms with Crippen LogP contribution in [0.3, 0.4) is 0 Å². The molecule has 3 aromatic rings. The average molecular weight is 412 g/mol. The van der Waals surface area contributed by atoms with Gasteiger partial charge in [-0.1, -0.05) is 36.4 Å². The van der Waals surface area contributed by atoms with Crippen LogP contribution < -0.4 is 10.2 Å². The molecular formula is C26H24N2O3. The number of rotatable bonds is 4. The van der Waals surface area contributed by atoms with Crippen molar-refractivity contribution in [3.8, 4) is 0 Å². The molecule has 5 heteroatoms. The van der Waals surface area contributed by atoms with Crippen molar-refractivity contribution < 1.29 is 14.4 Å². The Morgan fingerprint density at radius 3 is 2.48 bits per heavy atom. The van der Waals surface area contributed by atoms with E-state index in [-0.39, 0.29) is 24.0 Å². The largest absolute Gasteiger partial charge is 0.326 e. The second-order valence-electron chi connectivity index (χ2n) is 7.73. The van der Waals surface area contributed by atoms with E-state index in [1.165, 1.54) is 0 Å². The lowest BCUT2D eigenvalue weighted by molar-refractivity contribution is -0.115. The van der Waals surface area contributed by atoms with Gasteiger partial charge in [0.25, 0.3) is 5.91 Å². The van der Waals surface area contributed by atoms with Crippen molar-refractivity contribution in [1.82, 2.24) is 0 Å². The van der Waals surface area contributed by atoms with Crippen molar-refractivity contribution in [1.29, 1.82) is 0 Å². The first-order valence-electron chi connectivity index (χ1n) is 10.4. The molecule has 0 radical (unpaired) electrons. The van der Waals surface area contributed by atoms with Gasteiger partial charge in [-0.2, -0.15) is 0 Å². The maximum Gasteiger partial charge on any atom is 0.258 e. The summed E-state index contributed by atoms with van der Waals surface area (Å²) in [4.78, 5) is 39.7. The normalized spacial score (nSPS) is 13.3. The number of nitrogens with zero attached hydrogens (tertiary/aromatic N) is 1. The van der Waals surface area contributed by atoms with Gasteiger partial charge < -0.3 is 10.2 Å². The van der Waals surface area contributed by atoms with E-state index in [0.29, 0.717) is 36.2 Å². The van der Waals surface area contributed by atoms with Gasteiger partial charge in [-0.05, 0) is 60.9 Å². The Bertz CT molecular complexity index is 1140. The summed E-state index contributed by atoms with van der Waals surface area (Å²) in [5.41, 5.74) is 4.32. The standard InChI is InChI=1S/C26H24N2O3/c1-18-16-20(14-13-19(18)17-25(30)27-21-8-3-2-4-9-21)26(31)28-15-7-12-24(29)22-10-5-6-11-23(22)28/h2-6,8-11,13-14,16H,7,12,15,17H2,1H3,(H,27,30). The fourth-order valence-electron chi connectivity index (χ4n) is 3.89. The molecule has 1 aliphatic rings. The summed E-state index contributed by atoms with van der Waals surface area (Å²) in [5.74, 6) is -0.166. The third-order valence-electron chi connectivity index (χ3n) is 5.52. The van der Waals surface area contributed by atoms with Crippen molar-refractivity contribution >= 4 is 29.0 Å². The molecule has 0 atom stereocenters. The Kier molecular flexibility index (Phi) is 5.94. The van der Waals surface area contributed by atoms with Crippen molar-refractivity contribution in [3.63, 3.8) is 0 Å². The first kappa shape index (κ1) is 20.5. The number of Topliss-reactive ketones (excluding diaryl/α,β-unsaturated/α-hetero) is 1. The minimum absolute atomic E-state index is 0.0712. The van der Waals surface area contributed by atoms with E-state index >= 15 is 0 Å². The molecule has 3 aromatic carbocycles. The van der Waals surface area contributed by atoms with Crippen LogP contribution in [0.15, 0.2) is 72.8 Å². The van der Waals surface area contributed by atoms with Gasteiger partial charge in [0.15, 0.2) is 5.78 Å². The molecule has 0 aromatic heterocycles. The van der Waals surface area contributed by atoms with E-state index in [1.54, 1.807) is 17.0 Å². The highest BCUT2D eigenvalue weighted by atomic mass is 16.2. The van der Waals surface area contributed by atoms with E-state index in [9.17, 15) is 14.4 Å². The number of hydrogen-bond donors (Lipinski definition) is 1. The quantitative estimate of drug-likeness (QED) is 0.669. The van der Waals surface area contributed by atoms with Crippen LogP contribution in [0.25, 0.3) is 0 Å². The van der Waals surface area contributed by atoms with Gasteiger partial charge >= 0.3 is 0 Å². The van der Waals surface area contributed by atoms with E-state index in [0.717, 1.165) is 16.8 Å². The zero-order chi connectivity index (χ0) is 21.8. The molecule has 1 heterocycles. The van der Waals surface area contributed by atoms with Crippen molar-refractivity contribution in [2.24, 2.45) is 0 Å². The molecule has 0 unspecified atom stereocenters. The second-order valence-corrected chi connectivity index (χ2v) is 7.73. The summed E-state index contributed by atoms with van der Waals surface area (Å²) in [6.45, 7) is 2.41. The third kappa shape index (κ3) is 4.56. The Balaban J connectivity index is 1.52. The molecule has 5 nitrogen and oxygen atoms in total. The highest BCUT2D eigenvalue weighted by Crippen LogP contribution is 2.28. The SMILES string of the molecule is Cc1cc(C(=O)N2CCCC(=O)c3ccccc32)ccc1CC(=O)Nc1ccccc1. The summed E-state index contributed by atoms with van der Waals surface area (Å²) in [6, 6.07) is 22.0. The maximum absolute atomic E-state index is 13.3. The van der Waals surface area contributed by atoms with Gasteiger partial charge in [-0.25, -0.2) is 0 Å². The lowest BCUT2D eigenvalue weighted by Crippen LogP contribution is -2.31. The summed E-state index contributed by atoms with van der Waals surface area (Å²) in [6.07, 6.45) is 1.31. The highest BCUT2D eigenvalue weighted by molar-refractivity contribution is 6.11. The van der Waals surface area contributed by atoms with Crippen molar-refractivity contribution in [2.45, 2.75) is 26.2 Å². The lowest BCUT2D eigenvalue weighted by Gasteiger charge is -2.23. The Morgan fingerprint density at radius 1 is 0.968 bits per heavy atom. The van der Waals surface area contributed by atoms with Gasteiger partial charge in [0.2, 0.25) is 5.91 Å². The summed E-state index contributed by atoms with van der Waals surface area (Å²) >= 11 is 0. The van der Waals surface area contributed by atoms with Gasteiger partial charge in [0.1, 0.15) is 0 Å². The number of aryl methyl sites for hydroxylation is 1. The van der Waals surface area contributed by atoms with E-state index in [4.69, 9.17) is 0 Å². The minimum atomic E-state index is -0.134. The number of amides is 2. The monoisotopic (exact) mass is 412 g/mol. The Labute approximate surface area is 181 Å². The molecule has 1 N–H and O–H groups in total. The molecule has 156 valence electrons. The van der Waals surface area contributed by atoms with Crippen LogP contribution >= 0.6 is 0 Å². The molecule has 0 spiro atoms. The number of carbonyl (C=O) groups excluding carboxylic acids is 3. The molecule has 0 fully saturated rings. The number of anilines is 2. The van der Waals surface area contributed by atoms with Crippen LogP contribution in [0.1, 0.15) is 44.7 Å².